The fourth-order valence-electron chi connectivity index (χ4n) is 3.95. The highest BCUT2D eigenvalue weighted by Gasteiger charge is 2.31. The third-order valence-corrected chi connectivity index (χ3v) is 5.88. The molecule has 2 aromatic heterocycles. The molecule has 10 nitrogen and oxygen atoms in total. The number of ether oxygens (including phenoxy) is 1. The van der Waals surface area contributed by atoms with Gasteiger partial charge in [0.2, 0.25) is 5.91 Å². The van der Waals surface area contributed by atoms with Crippen LogP contribution in [0.4, 0.5) is 18.9 Å². The van der Waals surface area contributed by atoms with Gasteiger partial charge in [0.15, 0.2) is 5.69 Å². The Kier molecular flexibility index (Phi) is 9.51. The Morgan fingerprint density at radius 3 is 2.44 bits per heavy atom. The van der Waals surface area contributed by atoms with Gasteiger partial charge in [0, 0.05) is 37.6 Å². The zero-order valence-electron chi connectivity index (χ0n) is 21.8. The van der Waals surface area contributed by atoms with Crippen LogP contribution < -0.4 is 20.9 Å². The van der Waals surface area contributed by atoms with Gasteiger partial charge in [-0.2, -0.15) is 0 Å². The number of benzene rings is 2. The molecule has 0 unspecified atom stereocenters. The lowest BCUT2D eigenvalue weighted by Gasteiger charge is -2.10. The number of anilines is 1. The Balaban J connectivity index is 1.19. The number of hydrogen-bond donors (Lipinski definition) is 2. The Labute approximate surface area is 232 Å². The number of unbranched alkanes of at least 4 members (excludes halogenated alkanes) is 1. The lowest BCUT2D eigenvalue weighted by Crippen LogP contribution is -2.23. The smallest absolute Gasteiger partial charge is 0.406 e. The van der Waals surface area contributed by atoms with Gasteiger partial charge in [-0.3, -0.25) is 19.1 Å². The fraction of sp³-hybridized carbons (Fsp3) is 0.250. The van der Waals surface area contributed by atoms with E-state index in [4.69, 9.17) is 0 Å². The van der Waals surface area contributed by atoms with Crippen LogP contribution in [0.5, 0.6) is 5.75 Å². The Bertz CT molecular complexity index is 1540. The van der Waals surface area contributed by atoms with Crippen molar-refractivity contribution < 1.29 is 27.5 Å². The minimum Gasteiger partial charge on any atom is -0.406 e. The molecule has 0 aliphatic carbocycles. The van der Waals surface area contributed by atoms with Gasteiger partial charge in [-0.25, -0.2) is 0 Å². The Morgan fingerprint density at radius 2 is 1.68 bits per heavy atom. The van der Waals surface area contributed by atoms with Gasteiger partial charge < -0.3 is 19.9 Å². The van der Waals surface area contributed by atoms with Crippen LogP contribution in [0.25, 0.3) is 0 Å². The summed E-state index contributed by atoms with van der Waals surface area (Å²) in [5.41, 5.74) is 1.56. The second-order valence-corrected chi connectivity index (χ2v) is 9.11. The Hall–Kier alpha value is -4.94. The van der Waals surface area contributed by atoms with Crippen LogP contribution in [0.2, 0.25) is 0 Å². The summed E-state index contributed by atoms with van der Waals surface area (Å²) in [6.45, 7) is 0.890. The van der Waals surface area contributed by atoms with Crippen molar-refractivity contribution in [3.8, 4) is 5.75 Å². The van der Waals surface area contributed by atoms with Crippen LogP contribution in [0.1, 0.15) is 34.5 Å². The number of hydrogen-bond acceptors (Lipinski definition) is 6. The number of carbonyl (C=O) groups is 2. The van der Waals surface area contributed by atoms with Crippen molar-refractivity contribution >= 4 is 17.5 Å². The number of carbonyl (C=O) groups excluding carboxylic acids is 2. The average Bonchev–Trinajstić information content (AvgIpc) is 3.40. The van der Waals surface area contributed by atoms with Gasteiger partial charge >= 0.3 is 6.36 Å². The summed E-state index contributed by atoms with van der Waals surface area (Å²) in [4.78, 5) is 37.1. The number of rotatable bonds is 12. The molecule has 0 spiro atoms. The van der Waals surface area contributed by atoms with Crippen molar-refractivity contribution in [2.75, 3.05) is 5.32 Å². The van der Waals surface area contributed by atoms with Gasteiger partial charge in [0.25, 0.3) is 11.5 Å². The molecule has 4 aromatic rings. The molecule has 2 heterocycles. The largest absolute Gasteiger partial charge is 0.573 e. The molecule has 0 saturated carbocycles. The lowest BCUT2D eigenvalue weighted by atomic mass is 10.1. The first kappa shape index (κ1) is 29.1. The Morgan fingerprint density at radius 1 is 0.927 bits per heavy atom. The number of aromatic nitrogens is 4. The van der Waals surface area contributed by atoms with E-state index >= 15 is 0 Å². The highest BCUT2D eigenvalue weighted by atomic mass is 19.4. The van der Waals surface area contributed by atoms with E-state index in [-0.39, 0.29) is 35.9 Å². The molecule has 2 N–H and O–H groups in total. The van der Waals surface area contributed by atoms with E-state index in [1.807, 2.05) is 30.3 Å². The quantitative estimate of drug-likeness (QED) is 0.250. The maximum Gasteiger partial charge on any atom is 0.573 e. The van der Waals surface area contributed by atoms with Crippen LogP contribution >= 0.6 is 0 Å². The van der Waals surface area contributed by atoms with Crippen molar-refractivity contribution in [1.82, 2.24) is 24.9 Å². The molecule has 0 atom stereocenters. The number of nitrogens with one attached hydrogen (secondary N) is 2. The first-order valence-corrected chi connectivity index (χ1v) is 12.7. The molecule has 13 heteroatoms. The van der Waals surface area contributed by atoms with Gasteiger partial charge in [-0.05, 0) is 42.2 Å². The lowest BCUT2D eigenvalue weighted by molar-refractivity contribution is -0.274. The molecule has 0 fully saturated rings. The number of aryl methyl sites for hydroxylation is 2. The molecule has 0 aliphatic heterocycles. The third kappa shape index (κ3) is 9.34. The molecular formula is C28H27F3N6O4. The van der Waals surface area contributed by atoms with Gasteiger partial charge in [-0.1, -0.05) is 47.7 Å². The average molecular weight is 569 g/mol. The molecule has 2 aromatic carbocycles. The van der Waals surface area contributed by atoms with E-state index < -0.39 is 12.3 Å². The summed E-state index contributed by atoms with van der Waals surface area (Å²) in [6.07, 6.45) is -0.191. The molecular weight excluding hydrogens is 541 g/mol. The number of alkyl halides is 3. The number of amides is 2. The van der Waals surface area contributed by atoms with E-state index in [2.05, 4.69) is 25.7 Å². The molecule has 4 rings (SSSR count). The SMILES string of the molecule is O=C(Cc1ccccc1)Nc1ccn(CCCCn2cc(C(=O)NCc3cccc(OC(F)(F)F)c3)nn2)c(=O)c1. The highest BCUT2D eigenvalue weighted by molar-refractivity contribution is 5.92. The van der Waals surface area contributed by atoms with E-state index in [0.29, 0.717) is 37.2 Å². The van der Waals surface area contributed by atoms with Crippen molar-refractivity contribution in [2.24, 2.45) is 0 Å². The van der Waals surface area contributed by atoms with E-state index in [1.54, 1.807) is 22.9 Å². The summed E-state index contributed by atoms with van der Waals surface area (Å²) in [5, 5.41) is 13.1. The first-order chi connectivity index (χ1) is 19.6. The second-order valence-electron chi connectivity index (χ2n) is 9.11. The van der Waals surface area contributed by atoms with Crippen LogP contribution in [0.15, 0.2) is 83.9 Å². The van der Waals surface area contributed by atoms with E-state index in [9.17, 15) is 27.6 Å². The van der Waals surface area contributed by atoms with Crippen LogP contribution in [0.3, 0.4) is 0 Å². The van der Waals surface area contributed by atoms with Gasteiger partial charge in [0.05, 0.1) is 12.6 Å². The van der Waals surface area contributed by atoms with E-state index in [0.717, 1.165) is 5.56 Å². The molecule has 0 saturated heterocycles. The summed E-state index contributed by atoms with van der Waals surface area (Å²) >= 11 is 0. The minimum absolute atomic E-state index is 0.0228. The maximum atomic E-state index is 12.4. The zero-order chi connectivity index (χ0) is 29.2. The minimum atomic E-state index is -4.80. The zero-order valence-corrected chi connectivity index (χ0v) is 21.8. The summed E-state index contributed by atoms with van der Waals surface area (Å²) in [7, 11) is 0. The predicted octanol–water partition coefficient (Wildman–Crippen LogP) is 3.93. The fourth-order valence-corrected chi connectivity index (χ4v) is 3.95. The van der Waals surface area contributed by atoms with Crippen molar-refractivity contribution in [3.63, 3.8) is 0 Å². The third-order valence-electron chi connectivity index (χ3n) is 5.88. The molecule has 41 heavy (non-hydrogen) atoms. The van der Waals surface area contributed by atoms with Crippen molar-refractivity contribution in [2.45, 2.75) is 45.3 Å². The molecule has 0 radical (unpaired) electrons. The summed E-state index contributed by atoms with van der Waals surface area (Å²) in [5.74, 6) is -1.11. The molecule has 0 aliphatic rings. The monoisotopic (exact) mass is 568 g/mol. The first-order valence-electron chi connectivity index (χ1n) is 12.7. The highest BCUT2D eigenvalue weighted by Crippen LogP contribution is 2.23. The number of halogens is 3. The molecule has 0 bridgehead atoms. The molecule has 214 valence electrons. The van der Waals surface area contributed by atoms with Crippen LogP contribution in [0, 0.1) is 0 Å². The normalized spacial score (nSPS) is 11.2. The summed E-state index contributed by atoms with van der Waals surface area (Å²) < 4.78 is 44.1. The van der Waals surface area contributed by atoms with Crippen molar-refractivity contribution in [1.29, 1.82) is 0 Å². The number of nitrogens with zero attached hydrogens (tertiary/aromatic N) is 4. The summed E-state index contributed by atoms with van der Waals surface area (Å²) in [6, 6.07) is 17.7. The topological polar surface area (TPSA) is 120 Å². The van der Waals surface area contributed by atoms with Gasteiger partial charge in [-0.15, -0.1) is 18.3 Å². The molecule has 2 amide bonds. The number of pyridine rings is 1. The van der Waals surface area contributed by atoms with E-state index in [1.165, 1.54) is 35.1 Å². The predicted molar refractivity (Wildman–Crippen MR) is 143 cm³/mol. The van der Waals surface area contributed by atoms with Gasteiger partial charge in [0.1, 0.15) is 5.75 Å². The second kappa shape index (κ2) is 13.4. The van der Waals surface area contributed by atoms with Crippen LogP contribution in [-0.2, 0) is 30.8 Å². The maximum absolute atomic E-state index is 12.4. The van der Waals surface area contributed by atoms with Crippen LogP contribution in [-0.4, -0.2) is 37.7 Å². The van der Waals surface area contributed by atoms with Crippen molar-refractivity contribution in [3.05, 3.63) is 106 Å². The standard InChI is InChI=1S/C28H27F3N6O4/c29-28(30,31)41-23-10-6-9-21(15-23)18-32-27(40)24-19-37(35-34-24)13-5-4-12-36-14-11-22(17-26(36)39)33-25(38)16-20-7-2-1-3-8-20/h1-3,6-11,14-15,17,19H,4-5,12-13,16,18H2,(H,32,40)(H,33,38).